The minimum Gasteiger partial charge on any atom is -0.508 e. The van der Waals surface area contributed by atoms with Gasteiger partial charge in [-0.3, -0.25) is 4.79 Å². The Morgan fingerprint density at radius 2 is 1.35 bits per heavy atom. The highest BCUT2D eigenvalue weighted by atomic mass is 16.6. The number of hydrogen-bond donors (Lipinski definition) is 3. The average Bonchev–Trinajstić information content (AvgIpc) is 2.91. The number of ketones is 1. The number of hydrogen-bond acceptors (Lipinski definition) is 6. The maximum absolute atomic E-state index is 13.5. The molecule has 40 heavy (non-hydrogen) atoms. The molecule has 1 aliphatic heterocycles. The predicted octanol–water partition coefficient (Wildman–Crippen LogP) is 8.87. The van der Waals surface area contributed by atoms with Crippen LogP contribution >= 0.6 is 0 Å². The quantitative estimate of drug-likeness (QED) is 0.169. The van der Waals surface area contributed by atoms with E-state index in [2.05, 4.69) is 20.8 Å². The molecule has 0 amide bonds. The van der Waals surface area contributed by atoms with E-state index in [4.69, 9.17) is 9.47 Å². The lowest BCUT2D eigenvalue weighted by atomic mass is 9.92. The minimum absolute atomic E-state index is 0.0228. The number of carbonyl (C=O) groups excluding carboxylic acids is 1. The molecule has 0 fully saturated rings. The van der Waals surface area contributed by atoms with Crippen LogP contribution < -0.4 is 4.74 Å². The molecule has 0 radical (unpaired) electrons. The van der Waals surface area contributed by atoms with E-state index in [-0.39, 0.29) is 40.4 Å². The lowest BCUT2D eigenvalue weighted by molar-refractivity contribution is -0.0551. The zero-order chi connectivity index (χ0) is 29.1. The minimum atomic E-state index is -0.950. The Morgan fingerprint density at radius 1 is 0.775 bits per heavy atom. The van der Waals surface area contributed by atoms with Crippen molar-refractivity contribution in [1.82, 2.24) is 0 Å². The van der Waals surface area contributed by atoms with Crippen LogP contribution in [0, 0.1) is 11.8 Å². The number of carbonyl (C=O) groups is 1. The fourth-order valence-corrected chi connectivity index (χ4v) is 5.55. The molecule has 222 valence electrons. The van der Waals surface area contributed by atoms with Gasteiger partial charge in [0.25, 0.3) is 0 Å². The summed E-state index contributed by atoms with van der Waals surface area (Å²) in [6, 6.07) is 8.92. The first-order valence-corrected chi connectivity index (χ1v) is 15.4. The van der Waals surface area contributed by atoms with Crippen molar-refractivity contribution in [3.63, 3.8) is 0 Å². The molecule has 0 unspecified atom stereocenters. The van der Waals surface area contributed by atoms with Crippen LogP contribution in [0.1, 0.15) is 127 Å². The lowest BCUT2D eigenvalue weighted by Gasteiger charge is -2.34. The second kappa shape index (κ2) is 15.9. The number of phenolic OH excluding ortho intramolecular Hbond substituents is 3. The highest BCUT2D eigenvalue weighted by Gasteiger charge is 2.42. The van der Waals surface area contributed by atoms with Gasteiger partial charge in [-0.2, -0.15) is 0 Å². The first-order valence-electron chi connectivity index (χ1n) is 15.4. The number of unbranched alkanes of at least 4 members (excludes halogenated alkanes) is 5. The molecule has 3 rings (SSSR count). The van der Waals surface area contributed by atoms with E-state index in [1.807, 2.05) is 6.92 Å². The van der Waals surface area contributed by atoms with E-state index in [0.717, 1.165) is 37.2 Å². The fourth-order valence-electron chi connectivity index (χ4n) is 5.55. The van der Waals surface area contributed by atoms with Crippen molar-refractivity contribution in [2.45, 2.75) is 123 Å². The molecule has 2 aromatic rings. The van der Waals surface area contributed by atoms with Crippen LogP contribution in [0.5, 0.6) is 23.0 Å². The molecule has 6 heteroatoms. The maximum atomic E-state index is 13.5. The molecule has 1 aliphatic rings. The standard InChI is InChI=1S/C34H50O6/c1-5-23(2)13-10-8-11-15-24(3)14-9-6-7-12-16-25(4)39-34-32(38)31-29(37)21-28(36)22-30(31)40-33(34)26-17-19-27(35)20-18-26/h17-25,33-37H,5-16H2,1-4H3/t23-,24+,25-,33-,34-/m0/s1. The van der Waals surface area contributed by atoms with E-state index in [0.29, 0.717) is 5.56 Å². The van der Waals surface area contributed by atoms with Gasteiger partial charge in [-0.15, -0.1) is 0 Å². The van der Waals surface area contributed by atoms with Gasteiger partial charge in [0.1, 0.15) is 28.6 Å². The van der Waals surface area contributed by atoms with Crippen molar-refractivity contribution < 1.29 is 29.6 Å². The Kier molecular flexibility index (Phi) is 12.6. The summed E-state index contributed by atoms with van der Waals surface area (Å²) in [5.74, 6) is 0.993. The number of benzene rings is 2. The van der Waals surface area contributed by atoms with Crippen LogP contribution in [0.25, 0.3) is 0 Å². The summed E-state index contributed by atoms with van der Waals surface area (Å²) < 4.78 is 12.4. The van der Waals surface area contributed by atoms with E-state index < -0.39 is 12.2 Å². The van der Waals surface area contributed by atoms with Crippen molar-refractivity contribution in [1.29, 1.82) is 0 Å². The highest BCUT2D eigenvalue weighted by Crippen LogP contribution is 2.43. The Bertz CT molecular complexity index is 1050. The van der Waals surface area contributed by atoms with Crippen molar-refractivity contribution in [3.8, 4) is 23.0 Å². The predicted molar refractivity (Wildman–Crippen MR) is 159 cm³/mol. The van der Waals surface area contributed by atoms with Gasteiger partial charge in [0.05, 0.1) is 6.10 Å². The third kappa shape index (κ3) is 9.43. The third-order valence-electron chi connectivity index (χ3n) is 8.35. The van der Waals surface area contributed by atoms with Crippen LogP contribution in [0.2, 0.25) is 0 Å². The van der Waals surface area contributed by atoms with Crippen molar-refractivity contribution in [3.05, 3.63) is 47.5 Å². The number of rotatable bonds is 17. The van der Waals surface area contributed by atoms with Crippen molar-refractivity contribution >= 4 is 5.78 Å². The molecule has 2 aromatic carbocycles. The number of phenols is 3. The summed E-state index contributed by atoms with van der Waals surface area (Å²) in [5.41, 5.74) is 0.691. The topological polar surface area (TPSA) is 96.2 Å². The van der Waals surface area contributed by atoms with E-state index >= 15 is 0 Å². The summed E-state index contributed by atoms with van der Waals surface area (Å²) >= 11 is 0. The smallest absolute Gasteiger partial charge is 0.203 e. The maximum Gasteiger partial charge on any atom is 0.203 e. The van der Waals surface area contributed by atoms with Gasteiger partial charge in [-0.1, -0.05) is 104 Å². The van der Waals surface area contributed by atoms with Gasteiger partial charge in [-0.05, 0) is 42.9 Å². The van der Waals surface area contributed by atoms with Crippen LogP contribution in [-0.4, -0.2) is 33.3 Å². The Hall–Kier alpha value is -2.73. The van der Waals surface area contributed by atoms with Crippen LogP contribution in [0.3, 0.4) is 0 Å². The lowest BCUT2D eigenvalue weighted by Crippen LogP contribution is -2.40. The second-order valence-corrected chi connectivity index (χ2v) is 11.9. The molecule has 5 atom stereocenters. The van der Waals surface area contributed by atoms with E-state index in [9.17, 15) is 20.1 Å². The average molecular weight is 555 g/mol. The summed E-state index contributed by atoms with van der Waals surface area (Å²) in [7, 11) is 0. The second-order valence-electron chi connectivity index (χ2n) is 11.9. The monoisotopic (exact) mass is 554 g/mol. The molecule has 3 N–H and O–H groups in total. The van der Waals surface area contributed by atoms with Crippen molar-refractivity contribution in [2.24, 2.45) is 11.8 Å². The molecule has 0 aliphatic carbocycles. The molecule has 0 bridgehead atoms. The normalized spacial score (nSPS) is 19.1. The summed E-state index contributed by atoms with van der Waals surface area (Å²) in [4.78, 5) is 13.5. The molecule has 0 saturated heterocycles. The van der Waals surface area contributed by atoms with Gasteiger partial charge in [0.2, 0.25) is 5.78 Å². The largest absolute Gasteiger partial charge is 0.508 e. The summed E-state index contributed by atoms with van der Waals surface area (Å²) in [6.45, 7) is 8.99. The fraction of sp³-hybridized carbons (Fsp3) is 0.618. The van der Waals surface area contributed by atoms with E-state index in [1.165, 1.54) is 76.0 Å². The van der Waals surface area contributed by atoms with Gasteiger partial charge in [0.15, 0.2) is 12.2 Å². The molecular formula is C34H50O6. The van der Waals surface area contributed by atoms with Gasteiger partial charge < -0.3 is 24.8 Å². The molecule has 1 heterocycles. The first-order chi connectivity index (χ1) is 19.2. The van der Waals surface area contributed by atoms with Gasteiger partial charge in [0, 0.05) is 12.1 Å². The Balaban J connectivity index is 1.44. The van der Waals surface area contributed by atoms with Gasteiger partial charge in [-0.25, -0.2) is 0 Å². The zero-order valence-electron chi connectivity index (χ0n) is 24.9. The number of aromatic hydroxyl groups is 3. The third-order valence-corrected chi connectivity index (χ3v) is 8.35. The van der Waals surface area contributed by atoms with Gasteiger partial charge >= 0.3 is 0 Å². The summed E-state index contributed by atoms with van der Waals surface area (Å²) in [6.07, 6.45) is 12.9. The summed E-state index contributed by atoms with van der Waals surface area (Å²) in [5, 5.41) is 30.0. The Labute approximate surface area is 240 Å². The number of fused-ring (bicyclic) bond motifs is 1. The molecule has 0 saturated carbocycles. The number of ether oxygens (including phenoxy) is 2. The van der Waals surface area contributed by atoms with Crippen LogP contribution in [0.15, 0.2) is 36.4 Å². The van der Waals surface area contributed by atoms with Crippen molar-refractivity contribution in [2.75, 3.05) is 0 Å². The SMILES string of the molecule is CC[C@H](C)CCCCC[C@H](C)CCCCCC[C@H](C)O[C@H]1C(=O)c2c(O)cc(O)cc2O[C@H]1c1ccc(O)cc1. The molecule has 0 aromatic heterocycles. The van der Waals surface area contributed by atoms with Crippen LogP contribution in [0.4, 0.5) is 0 Å². The zero-order valence-corrected chi connectivity index (χ0v) is 24.9. The highest BCUT2D eigenvalue weighted by molar-refractivity contribution is 6.05. The first kappa shape index (κ1) is 31.8. The molecular weight excluding hydrogens is 504 g/mol. The molecule has 6 nitrogen and oxygen atoms in total. The molecule has 0 spiro atoms. The Morgan fingerprint density at radius 3 is 1.98 bits per heavy atom. The van der Waals surface area contributed by atoms with E-state index in [1.54, 1.807) is 12.1 Å². The number of Topliss-reactive ketones (excluding diaryl/α,β-unsaturated/α-hetero) is 1. The van der Waals surface area contributed by atoms with Crippen LogP contribution in [-0.2, 0) is 4.74 Å².